The van der Waals surface area contributed by atoms with Crippen LogP contribution in [0.15, 0.2) is 47.5 Å². The molecule has 0 N–H and O–H groups in total. The van der Waals surface area contributed by atoms with Gasteiger partial charge in [-0.15, -0.1) is 0 Å². The molecule has 1 unspecified atom stereocenters. The Morgan fingerprint density at radius 3 is 2.35 bits per heavy atom. The molecule has 0 saturated heterocycles. The van der Waals surface area contributed by atoms with Crippen LogP contribution in [0, 0.1) is 5.92 Å². The maximum Gasteiger partial charge on any atom is 0.163 e. The van der Waals surface area contributed by atoms with E-state index >= 15 is 0 Å². The van der Waals surface area contributed by atoms with E-state index in [9.17, 15) is 4.79 Å². The van der Waals surface area contributed by atoms with Crippen molar-refractivity contribution in [1.82, 2.24) is 0 Å². The van der Waals surface area contributed by atoms with E-state index in [1.165, 1.54) is 11.1 Å². The number of methoxy groups -OCH3 is 1. The minimum absolute atomic E-state index is 0.0780. The molecular formula is C22H23NO3. The number of ether oxygens (including phenoxy) is 2. The molecule has 0 heterocycles. The minimum atomic E-state index is -0.0780. The van der Waals surface area contributed by atoms with Crippen LogP contribution in [0.5, 0.6) is 11.5 Å². The van der Waals surface area contributed by atoms with Crippen molar-refractivity contribution in [3.63, 3.8) is 0 Å². The molecule has 1 fully saturated rings. The summed E-state index contributed by atoms with van der Waals surface area (Å²) >= 11 is 0. The predicted molar refractivity (Wildman–Crippen MR) is 102 cm³/mol. The number of aliphatic imine (C=N–C) groups is 1. The van der Waals surface area contributed by atoms with E-state index in [1.807, 2.05) is 25.1 Å². The second-order valence-corrected chi connectivity index (χ2v) is 7.04. The number of ketones is 1. The number of carbonyl (C=O) groups excluding carboxylic acids is 1. The predicted octanol–water partition coefficient (Wildman–Crippen LogP) is 4.31. The lowest BCUT2D eigenvalue weighted by Crippen LogP contribution is -2.16. The Morgan fingerprint density at radius 2 is 1.73 bits per heavy atom. The second-order valence-electron chi connectivity index (χ2n) is 7.04. The molecule has 0 amide bonds. The van der Waals surface area contributed by atoms with Crippen molar-refractivity contribution in [2.75, 3.05) is 7.11 Å². The van der Waals surface area contributed by atoms with Crippen LogP contribution >= 0.6 is 0 Å². The van der Waals surface area contributed by atoms with Crippen LogP contribution in [0.4, 0.5) is 5.69 Å². The molecule has 0 bridgehead atoms. The molecule has 134 valence electrons. The van der Waals surface area contributed by atoms with Gasteiger partial charge in [0.1, 0.15) is 11.9 Å². The number of hydrogen-bond donors (Lipinski definition) is 0. The highest BCUT2D eigenvalue weighted by atomic mass is 16.5. The molecule has 0 radical (unpaired) electrons. The number of nitrogens with zero attached hydrogens (tertiary/aromatic N) is 1. The van der Waals surface area contributed by atoms with Crippen LogP contribution in [-0.2, 0) is 17.6 Å². The van der Waals surface area contributed by atoms with Crippen LogP contribution in [0.25, 0.3) is 0 Å². The minimum Gasteiger partial charge on any atom is -0.493 e. The summed E-state index contributed by atoms with van der Waals surface area (Å²) in [4.78, 5) is 16.5. The normalized spacial score (nSPS) is 21.2. The number of carbonyl (C=O) groups is 1. The summed E-state index contributed by atoms with van der Waals surface area (Å²) in [6.45, 7) is 1.94. The molecular weight excluding hydrogens is 326 g/mol. The highest BCUT2D eigenvalue weighted by Gasteiger charge is 2.27. The van der Waals surface area contributed by atoms with E-state index in [-0.39, 0.29) is 17.8 Å². The van der Waals surface area contributed by atoms with Gasteiger partial charge in [-0.2, -0.15) is 0 Å². The standard InChI is InChI=1S/C22H23NO3/c1-14-19(8-9-20(14)24)23-17-7-10-21(25-2)22(13-17)26-18-11-15-5-3-4-6-16(15)12-18/h3-7,10,13-14,18H,8-9,11-12H2,1-2H3. The third kappa shape index (κ3) is 3.24. The lowest BCUT2D eigenvalue weighted by molar-refractivity contribution is -0.119. The van der Waals surface area contributed by atoms with Crippen molar-refractivity contribution >= 4 is 17.2 Å². The topological polar surface area (TPSA) is 47.9 Å². The molecule has 0 spiro atoms. The highest BCUT2D eigenvalue weighted by molar-refractivity contribution is 6.11. The molecule has 0 aromatic heterocycles. The van der Waals surface area contributed by atoms with Crippen LogP contribution in [0.3, 0.4) is 0 Å². The molecule has 4 heteroatoms. The first-order valence-corrected chi connectivity index (χ1v) is 9.15. The van der Waals surface area contributed by atoms with E-state index in [1.54, 1.807) is 7.11 Å². The first kappa shape index (κ1) is 16.8. The Labute approximate surface area is 153 Å². The summed E-state index contributed by atoms with van der Waals surface area (Å²) in [5.74, 6) is 1.62. The lowest BCUT2D eigenvalue weighted by atomic mass is 10.1. The highest BCUT2D eigenvalue weighted by Crippen LogP contribution is 2.35. The van der Waals surface area contributed by atoms with Crippen molar-refractivity contribution in [1.29, 1.82) is 0 Å². The average molecular weight is 349 g/mol. The number of benzene rings is 2. The Hall–Kier alpha value is -2.62. The van der Waals surface area contributed by atoms with Gasteiger partial charge in [0, 0.05) is 31.0 Å². The molecule has 2 aromatic carbocycles. The van der Waals surface area contributed by atoms with Gasteiger partial charge in [-0.3, -0.25) is 9.79 Å². The SMILES string of the molecule is COc1ccc(N=C2CCC(=O)C2C)cc1OC1Cc2ccccc2C1. The zero-order valence-corrected chi connectivity index (χ0v) is 15.2. The Morgan fingerprint density at radius 1 is 1.00 bits per heavy atom. The lowest BCUT2D eigenvalue weighted by Gasteiger charge is -2.16. The third-order valence-electron chi connectivity index (χ3n) is 5.34. The zero-order chi connectivity index (χ0) is 18.1. The van der Waals surface area contributed by atoms with Gasteiger partial charge in [0.15, 0.2) is 11.5 Å². The Kier molecular flexibility index (Phi) is 4.49. The molecule has 4 nitrogen and oxygen atoms in total. The van der Waals surface area contributed by atoms with Crippen LogP contribution < -0.4 is 9.47 Å². The molecule has 2 aliphatic carbocycles. The molecule has 0 aliphatic heterocycles. The van der Waals surface area contributed by atoms with Gasteiger partial charge in [0.25, 0.3) is 0 Å². The van der Waals surface area contributed by atoms with Gasteiger partial charge in [-0.25, -0.2) is 0 Å². The number of rotatable bonds is 4. The third-order valence-corrected chi connectivity index (χ3v) is 5.34. The van der Waals surface area contributed by atoms with Crippen molar-refractivity contribution in [2.45, 2.75) is 38.7 Å². The maximum absolute atomic E-state index is 11.8. The summed E-state index contributed by atoms with van der Waals surface area (Å²) in [5.41, 5.74) is 4.48. The van der Waals surface area contributed by atoms with Gasteiger partial charge in [0.2, 0.25) is 0 Å². The molecule has 26 heavy (non-hydrogen) atoms. The van der Waals surface area contributed by atoms with Gasteiger partial charge in [0.05, 0.1) is 18.7 Å². The number of hydrogen-bond acceptors (Lipinski definition) is 4. The van der Waals surface area contributed by atoms with Gasteiger partial charge in [-0.05, 0) is 29.7 Å². The maximum atomic E-state index is 11.8. The van der Waals surface area contributed by atoms with Crippen molar-refractivity contribution < 1.29 is 14.3 Å². The zero-order valence-electron chi connectivity index (χ0n) is 15.2. The largest absolute Gasteiger partial charge is 0.493 e. The van der Waals surface area contributed by atoms with Crippen molar-refractivity contribution in [2.24, 2.45) is 10.9 Å². The fraction of sp³-hybridized carbons (Fsp3) is 0.364. The van der Waals surface area contributed by atoms with Gasteiger partial charge >= 0.3 is 0 Å². The van der Waals surface area contributed by atoms with Crippen LogP contribution in [0.1, 0.15) is 30.9 Å². The van der Waals surface area contributed by atoms with Crippen LogP contribution in [0.2, 0.25) is 0 Å². The van der Waals surface area contributed by atoms with E-state index in [0.29, 0.717) is 17.9 Å². The van der Waals surface area contributed by atoms with E-state index in [2.05, 4.69) is 24.3 Å². The monoisotopic (exact) mass is 349 g/mol. The average Bonchev–Trinajstić information content (AvgIpc) is 3.19. The van der Waals surface area contributed by atoms with E-state index in [0.717, 1.165) is 30.7 Å². The first-order valence-electron chi connectivity index (χ1n) is 9.15. The van der Waals surface area contributed by atoms with Crippen molar-refractivity contribution in [3.05, 3.63) is 53.6 Å². The van der Waals surface area contributed by atoms with E-state index in [4.69, 9.17) is 14.5 Å². The smallest absolute Gasteiger partial charge is 0.163 e. The molecule has 2 aliphatic rings. The molecule has 1 saturated carbocycles. The summed E-state index contributed by atoms with van der Waals surface area (Å²) in [6, 6.07) is 14.2. The Balaban J connectivity index is 1.56. The van der Waals surface area contributed by atoms with Gasteiger partial charge < -0.3 is 9.47 Å². The summed E-state index contributed by atoms with van der Waals surface area (Å²) in [5, 5.41) is 0. The Bertz CT molecular complexity index is 846. The molecule has 4 rings (SSSR count). The number of Topliss-reactive ketones (excluding diaryl/α,β-unsaturated/α-hetero) is 1. The summed E-state index contributed by atoms with van der Waals surface area (Å²) in [7, 11) is 1.65. The summed E-state index contributed by atoms with van der Waals surface area (Å²) < 4.78 is 11.7. The number of fused-ring (bicyclic) bond motifs is 1. The molecule has 1 atom stereocenters. The molecule has 2 aromatic rings. The van der Waals surface area contributed by atoms with Crippen molar-refractivity contribution in [3.8, 4) is 11.5 Å². The fourth-order valence-electron chi connectivity index (χ4n) is 3.80. The van der Waals surface area contributed by atoms with Crippen LogP contribution in [-0.4, -0.2) is 24.7 Å². The fourth-order valence-corrected chi connectivity index (χ4v) is 3.80. The summed E-state index contributed by atoms with van der Waals surface area (Å²) in [6.07, 6.45) is 3.27. The van der Waals surface area contributed by atoms with E-state index < -0.39 is 0 Å². The van der Waals surface area contributed by atoms with Gasteiger partial charge in [-0.1, -0.05) is 31.2 Å². The second kappa shape index (κ2) is 6.94. The quantitative estimate of drug-likeness (QED) is 0.826. The first-order chi connectivity index (χ1) is 12.6.